The first-order chi connectivity index (χ1) is 13.7. The van der Waals surface area contributed by atoms with Crippen molar-refractivity contribution in [2.75, 3.05) is 40.0 Å². The summed E-state index contributed by atoms with van der Waals surface area (Å²) in [6.07, 6.45) is 0.156. The molecule has 162 valence electrons. The molecule has 1 rings (SSSR count). The maximum atomic E-state index is 13.4. The van der Waals surface area contributed by atoms with E-state index >= 15 is 0 Å². The van der Waals surface area contributed by atoms with E-state index in [0.717, 1.165) is 5.56 Å². The lowest BCUT2D eigenvalue weighted by Crippen LogP contribution is -2.37. The molecule has 0 spiro atoms. The van der Waals surface area contributed by atoms with Crippen molar-refractivity contribution in [3.8, 4) is 5.75 Å². The Morgan fingerprint density at radius 2 is 1.97 bits per heavy atom. The normalized spacial score (nSPS) is 11.7. The molecule has 0 heterocycles. The summed E-state index contributed by atoms with van der Waals surface area (Å²) in [6, 6.07) is 4.51. The van der Waals surface area contributed by atoms with Crippen molar-refractivity contribution in [2.24, 2.45) is 0 Å². The van der Waals surface area contributed by atoms with E-state index in [4.69, 9.17) is 14.2 Å². The summed E-state index contributed by atoms with van der Waals surface area (Å²) < 4.78 is 29.6. The number of halogens is 1. The number of amides is 2. The van der Waals surface area contributed by atoms with Crippen LogP contribution in [0, 0.1) is 5.82 Å². The molecule has 0 saturated carbocycles. The number of benzene rings is 1. The summed E-state index contributed by atoms with van der Waals surface area (Å²) in [5, 5.41) is 2.57. The molecule has 0 aliphatic rings. The Hall–Kier alpha value is -2.61. The summed E-state index contributed by atoms with van der Waals surface area (Å²) in [5.41, 5.74) is 0.936. The van der Waals surface area contributed by atoms with E-state index in [9.17, 15) is 14.0 Å². The highest BCUT2D eigenvalue weighted by molar-refractivity contribution is 5.86. The van der Waals surface area contributed by atoms with E-state index in [-0.39, 0.29) is 43.9 Å². The molecule has 0 fully saturated rings. The van der Waals surface area contributed by atoms with Crippen molar-refractivity contribution in [3.63, 3.8) is 0 Å². The second-order valence-corrected chi connectivity index (χ2v) is 6.86. The van der Waals surface area contributed by atoms with E-state index in [2.05, 4.69) is 11.9 Å². The highest BCUT2D eigenvalue weighted by Crippen LogP contribution is 2.27. The standard InChI is InChI=1S/C21H31FN2O5/c1-6-20(25)24(5)14-16(4)29-21(26)23-9-10-27-11-12-28-19-13-17(22)7-8-18(19)15(2)3/h6-8,13,15-16H,1,9-12,14H2,2-5H3,(H,23,26). The van der Waals surface area contributed by atoms with Gasteiger partial charge in [-0.2, -0.15) is 0 Å². The lowest BCUT2D eigenvalue weighted by Gasteiger charge is -2.20. The molecular formula is C21H31FN2O5. The highest BCUT2D eigenvalue weighted by Gasteiger charge is 2.13. The Kier molecular flexibility index (Phi) is 10.8. The smallest absolute Gasteiger partial charge is 0.407 e. The number of hydrogen-bond donors (Lipinski definition) is 1. The second kappa shape index (κ2) is 12.8. The van der Waals surface area contributed by atoms with E-state index < -0.39 is 12.2 Å². The number of nitrogens with one attached hydrogen (secondary N) is 1. The molecule has 8 heteroatoms. The van der Waals surface area contributed by atoms with Gasteiger partial charge in [0, 0.05) is 19.7 Å². The van der Waals surface area contributed by atoms with Crippen molar-refractivity contribution >= 4 is 12.0 Å². The van der Waals surface area contributed by atoms with Gasteiger partial charge in [0.05, 0.1) is 19.8 Å². The van der Waals surface area contributed by atoms with Crippen LogP contribution in [0.1, 0.15) is 32.3 Å². The summed E-state index contributed by atoms with van der Waals surface area (Å²) in [6.45, 7) is 10.5. The molecule has 1 aromatic rings. The fraction of sp³-hybridized carbons (Fsp3) is 0.524. The van der Waals surface area contributed by atoms with Crippen LogP contribution in [0.15, 0.2) is 30.9 Å². The molecule has 0 aromatic heterocycles. The zero-order chi connectivity index (χ0) is 21.8. The third kappa shape index (κ3) is 9.43. The molecule has 0 saturated heterocycles. The molecule has 1 N–H and O–H groups in total. The Bertz CT molecular complexity index is 681. The predicted molar refractivity (Wildman–Crippen MR) is 109 cm³/mol. The first-order valence-electron chi connectivity index (χ1n) is 9.56. The molecule has 2 amide bonds. The largest absolute Gasteiger partial charge is 0.491 e. The first kappa shape index (κ1) is 24.4. The fourth-order valence-corrected chi connectivity index (χ4v) is 2.54. The van der Waals surface area contributed by atoms with E-state index in [1.54, 1.807) is 20.0 Å². The highest BCUT2D eigenvalue weighted by atomic mass is 19.1. The van der Waals surface area contributed by atoms with Gasteiger partial charge in [0.15, 0.2) is 0 Å². The Labute approximate surface area is 171 Å². The molecule has 29 heavy (non-hydrogen) atoms. The van der Waals surface area contributed by atoms with Gasteiger partial charge in [-0.05, 0) is 30.5 Å². The Morgan fingerprint density at radius 1 is 1.24 bits per heavy atom. The van der Waals surface area contributed by atoms with Crippen molar-refractivity contribution in [1.29, 1.82) is 0 Å². The van der Waals surface area contributed by atoms with Crippen LogP contribution in [-0.4, -0.2) is 63.0 Å². The summed E-state index contributed by atoms with van der Waals surface area (Å²) >= 11 is 0. The topological polar surface area (TPSA) is 77.1 Å². The minimum absolute atomic E-state index is 0.221. The van der Waals surface area contributed by atoms with Crippen LogP contribution < -0.4 is 10.1 Å². The van der Waals surface area contributed by atoms with Gasteiger partial charge >= 0.3 is 6.09 Å². The fourth-order valence-electron chi connectivity index (χ4n) is 2.54. The minimum atomic E-state index is -0.585. The molecule has 1 aromatic carbocycles. The van der Waals surface area contributed by atoms with E-state index in [1.807, 2.05) is 13.8 Å². The molecule has 1 unspecified atom stereocenters. The van der Waals surface area contributed by atoms with Crippen molar-refractivity contribution in [1.82, 2.24) is 10.2 Å². The molecule has 0 radical (unpaired) electrons. The van der Waals surface area contributed by atoms with Gasteiger partial charge in [-0.1, -0.05) is 26.5 Å². The third-order valence-corrected chi connectivity index (χ3v) is 3.99. The monoisotopic (exact) mass is 410 g/mol. The van der Waals surface area contributed by atoms with Gasteiger partial charge in [-0.25, -0.2) is 9.18 Å². The zero-order valence-electron chi connectivity index (χ0n) is 17.6. The molecule has 0 aliphatic heterocycles. The molecular weight excluding hydrogens is 379 g/mol. The van der Waals surface area contributed by atoms with Crippen LogP contribution >= 0.6 is 0 Å². The van der Waals surface area contributed by atoms with E-state index in [0.29, 0.717) is 12.4 Å². The van der Waals surface area contributed by atoms with Gasteiger partial charge < -0.3 is 24.4 Å². The molecule has 0 aliphatic carbocycles. The summed E-state index contributed by atoms with van der Waals surface area (Å²) in [7, 11) is 1.60. The number of carbonyl (C=O) groups is 2. The van der Waals surface area contributed by atoms with Crippen LogP contribution in [0.25, 0.3) is 0 Å². The second-order valence-electron chi connectivity index (χ2n) is 6.86. The maximum Gasteiger partial charge on any atom is 0.407 e. The molecule has 0 bridgehead atoms. The van der Waals surface area contributed by atoms with E-state index in [1.165, 1.54) is 23.1 Å². The summed E-state index contributed by atoms with van der Waals surface area (Å²) in [4.78, 5) is 24.5. The number of hydrogen-bond acceptors (Lipinski definition) is 5. The van der Waals surface area contributed by atoms with Crippen LogP contribution in [0.3, 0.4) is 0 Å². The van der Waals surface area contributed by atoms with Gasteiger partial charge in [0.1, 0.15) is 24.3 Å². The molecule has 1 atom stereocenters. The SMILES string of the molecule is C=CC(=O)N(C)CC(C)OC(=O)NCCOCCOc1cc(F)ccc1C(C)C. The van der Waals surface area contributed by atoms with Crippen LogP contribution in [-0.2, 0) is 14.3 Å². The average molecular weight is 410 g/mol. The quantitative estimate of drug-likeness (QED) is 0.423. The van der Waals surface area contributed by atoms with Gasteiger partial charge in [-0.3, -0.25) is 4.79 Å². The lowest BCUT2D eigenvalue weighted by atomic mass is 10.0. The number of likely N-dealkylation sites (N-methyl/N-ethyl adjacent to an activating group) is 1. The first-order valence-corrected chi connectivity index (χ1v) is 9.56. The van der Waals surface area contributed by atoms with Gasteiger partial charge in [0.2, 0.25) is 5.91 Å². The number of rotatable bonds is 12. The third-order valence-electron chi connectivity index (χ3n) is 3.99. The minimum Gasteiger partial charge on any atom is -0.491 e. The maximum absolute atomic E-state index is 13.4. The van der Waals surface area contributed by atoms with Crippen molar-refractivity contribution in [2.45, 2.75) is 32.8 Å². The number of carbonyl (C=O) groups excluding carboxylic acids is 2. The predicted octanol–water partition coefficient (Wildman–Crippen LogP) is 3.10. The van der Waals surface area contributed by atoms with Crippen LogP contribution in [0.2, 0.25) is 0 Å². The lowest BCUT2D eigenvalue weighted by molar-refractivity contribution is -0.125. The number of nitrogens with zero attached hydrogens (tertiary/aromatic N) is 1. The van der Waals surface area contributed by atoms with Crippen LogP contribution in [0.5, 0.6) is 5.75 Å². The van der Waals surface area contributed by atoms with Gasteiger partial charge in [0.25, 0.3) is 0 Å². The van der Waals surface area contributed by atoms with Crippen LogP contribution in [0.4, 0.5) is 9.18 Å². The average Bonchev–Trinajstić information content (AvgIpc) is 2.66. The Balaban J connectivity index is 2.18. The molecule has 7 nitrogen and oxygen atoms in total. The number of ether oxygens (including phenoxy) is 3. The number of alkyl carbamates (subject to hydrolysis) is 1. The Morgan fingerprint density at radius 3 is 2.62 bits per heavy atom. The zero-order valence-corrected chi connectivity index (χ0v) is 17.6. The van der Waals surface area contributed by atoms with Crippen molar-refractivity contribution in [3.05, 3.63) is 42.2 Å². The summed E-state index contributed by atoms with van der Waals surface area (Å²) in [5.74, 6) is 0.149. The van der Waals surface area contributed by atoms with Crippen molar-refractivity contribution < 1.29 is 28.2 Å². The van der Waals surface area contributed by atoms with Gasteiger partial charge in [-0.15, -0.1) is 0 Å².